The van der Waals surface area contributed by atoms with Crippen LogP contribution < -0.4 is 0 Å². The van der Waals surface area contributed by atoms with Crippen molar-refractivity contribution in [2.75, 3.05) is 13.2 Å². The molecule has 148 valence electrons. The van der Waals surface area contributed by atoms with E-state index < -0.39 is 0 Å². The first-order valence-electron chi connectivity index (χ1n) is 10.2. The van der Waals surface area contributed by atoms with Crippen LogP contribution in [0.1, 0.15) is 80.7 Å². The molecular weight excluding hydrogens is 340 g/mol. The maximum absolute atomic E-state index is 12.8. The van der Waals surface area contributed by atoms with Gasteiger partial charge < -0.3 is 14.2 Å². The number of nitrogens with zero attached hydrogens (tertiary/aromatic N) is 2. The number of ether oxygens (including phenoxy) is 1. The van der Waals surface area contributed by atoms with Crippen molar-refractivity contribution in [1.82, 2.24) is 9.47 Å². The second-order valence-electron chi connectivity index (χ2n) is 10.2. The lowest BCUT2D eigenvalue weighted by Gasteiger charge is -2.39. The second kappa shape index (κ2) is 6.11. The third kappa shape index (κ3) is 3.41. The van der Waals surface area contributed by atoms with Crippen LogP contribution >= 0.6 is 0 Å². The molecule has 1 saturated heterocycles. The normalized spacial score (nSPS) is 29.1. The summed E-state index contributed by atoms with van der Waals surface area (Å²) in [5.41, 5.74) is 3.11. The smallest absolute Gasteiger partial charge is 0.340 e. The largest absolute Gasteiger partial charge is 0.452 e. The minimum Gasteiger partial charge on any atom is -0.452 e. The van der Waals surface area contributed by atoms with Gasteiger partial charge in [0.2, 0.25) is 0 Å². The molecule has 1 amide bonds. The number of carbonyl (C=O) groups is 2. The van der Waals surface area contributed by atoms with Gasteiger partial charge in [0.15, 0.2) is 6.61 Å². The Bertz CT molecular complexity index is 790. The summed E-state index contributed by atoms with van der Waals surface area (Å²) in [6, 6.07) is 2.71. The van der Waals surface area contributed by atoms with Gasteiger partial charge in [0, 0.05) is 30.0 Å². The Morgan fingerprint density at radius 1 is 1.15 bits per heavy atom. The van der Waals surface area contributed by atoms with Gasteiger partial charge >= 0.3 is 5.97 Å². The Balaban J connectivity index is 1.40. The van der Waals surface area contributed by atoms with Gasteiger partial charge in [-0.1, -0.05) is 20.8 Å². The number of fused-ring (bicyclic) bond motifs is 2. The number of amides is 1. The van der Waals surface area contributed by atoms with Crippen molar-refractivity contribution < 1.29 is 14.3 Å². The van der Waals surface area contributed by atoms with Crippen LogP contribution in [-0.2, 0) is 9.53 Å². The number of hydrogen-bond donors (Lipinski definition) is 0. The van der Waals surface area contributed by atoms with Crippen LogP contribution in [0.3, 0.4) is 0 Å². The van der Waals surface area contributed by atoms with Crippen LogP contribution in [0.15, 0.2) is 6.07 Å². The predicted octanol–water partition coefficient (Wildman–Crippen LogP) is 4.02. The van der Waals surface area contributed by atoms with Gasteiger partial charge in [-0.3, -0.25) is 4.79 Å². The number of aromatic nitrogens is 1. The first kappa shape index (κ1) is 18.6. The van der Waals surface area contributed by atoms with Crippen LogP contribution in [0.5, 0.6) is 0 Å². The fourth-order valence-corrected chi connectivity index (χ4v) is 5.92. The highest BCUT2D eigenvalue weighted by Crippen LogP contribution is 2.52. The van der Waals surface area contributed by atoms with Crippen LogP contribution in [0, 0.1) is 24.7 Å². The molecule has 2 saturated carbocycles. The summed E-state index contributed by atoms with van der Waals surface area (Å²) in [6.07, 6.45) is 5.60. The lowest BCUT2D eigenvalue weighted by molar-refractivity contribution is -0.135. The third-order valence-corrected chi connectivity index (χ3v) is 6.68. The number of aryl methyl sites for hydroxylation is 1. The number of esters is 1. The summed E-state index contributed by atoms with van der Waals surface area (Å²) >= 11 is 0. The van der Waals surface area contributed by atoms with Crippen molar-refractivity contribution in [3.63, 3.8) is 0 Å². The molecule has 4 rings (SSSR count). The van der Waals surface area contributed by atoms with Crippen LogP contribution in [-0.4, -0.2) is 40.5 Å². The van der Waals surface area contributed by atoms with Crippen LogP contribution in [0.25, 0.3) is 0 Å². The molecule has 2 bridgehead atoms. The molecule has 2 atom stereocenters. The van der Waals surface area contributed by atoms with Crippen LogP contribution in [0.2, 0.25) is 0 Å². The summed E-state index contributed by atoms with van der Waals surface area (Å²) in [7, 11) is 0. The highest BCUT2D eigenvalue weighted by atomic mass is 16.5. The molecule has 0 unspecified atom stereocenters. The summed E-state index contributed by atoms with van der Waals surface area (Å²) in [5.74, 6) is -0.428. The van der Waals surface area contributed by atoms with E-state index in [0.717, 1.165) is 37.2 Å². The Kier molecular flexibility index (Phi) is 4.21. The highest BCUT2D eigenvalue weighted by Gasteiger charge is 2.51. The first-order valence-corrected chi connectivity index (χ1v) is 10.2. The summed E-state index contributed by atoms with van der Waals surface area (Å²) in [4.78, 5) is 27.3. The van der Waals surface area contributed by atoms with Crippen molar-refractivity contribution in [3.8, 4) is 0 Å². The fourth-order valence-electron chi connectivity index (χ4n) is 5.92. The molecule has 2 heterocycles. The monoisotopic (exact) mass is 372 g/mol. The van der Waals surface area contributed by atoms with Crippen molar-refractivity contribution in [2.45, 2.75) is 78.8 Å². The van der Waals surface area contributed by atoms with Gasteiger partial charge in [0.1, 0.15) is 0 Å². The standard InChI is InChI=1S/C22H32N2O3/c1-14-8-18(15(2)24(14)16-6-7-16)20(26)27-11-19(25)23-13-22(5)10-17(23)9-21(3,4)12-22/h8,16-17H,6-7,9-13H2,1-5H3/t17-,22+/m1/s1. The number of likely N-dealkylation sites (tertiary alicyclic amines) is 1. The Labute approximate surface area is 162 Å². The zero-order valence-corrected chi connectivity index (χ0v) is 17.3. The summed E-state index contributed by atoms with van der Waals surface area (Å²) < 4.78 is 7.67. The van der Waals surface area contributed by atoms with E-state index in [4.69, 9.17) is 4.74 Å². The van der Waals surface area contributed by atoms with E-state index >= 15 is 0 Å². The number of hydrogen-bond acceptors (Lipinski definition) is 3. The van der Waals surface area contributed by atoms with E-state index in [1.54, 1.807) is 0 Å². The molecule has 0 radical (unpaired) electrons. The second-order valence-corrected chi connectivity index (χ2v) is 10.2. The van der Waals surface area contributed by atoms with Crippen molar-refractivity contribution >= 4 is 11.9 Å². The maximum Gasteiger partial charge on any atom is 0.340 e. The molecule has 3 fully saturated rings. The molecule has 1 aromatic rings. The van der Waals surface area contributed by atoms with E-state index in [2.05, 4.69) is 25.3 Å². The van der Waals surface area contributed by atoms with Gasteiger partial charge in [0.25, 0.3) is 5.91 Å². The fraction of sp³-hybridized carbons (Fsp3) is 0.727. The number of rotatable bonds is 4. The Morgan fingerprint density at radius 2 is 1.85 bits per heavy atom. The van der Waals surface area contributed by atoms with Gasteiger partial charge in [-0.05, 0) is 62.8 Å². The van der Waals surface area contributed by atoms with E-state index in [1.807, 2.05) is 24.8 Å². The molecule has 3 aliphatic rings. The zero-order chi connectivity index (χ0) is 19.6. The lowest BCUT2D eigenvalue weighted by Crippen LogP contribution is -2.39. The highest BCUT2D eigenvalue weighted by molar-refractivity contribution is 5.93. The minimum absolute atomic E-state index is 0.0502. The molecule has 0 spiro atoms. The topological polar surface area (TPSA) is 51.5 Å². The molecule has 5 heteroatoms. The van der Waals surface area contributed by atoms with Gasteiger partial charge in [-0.15, -0.1) is 0 Å². The van der Waals surface area contributed by atoms with Crippen molar-refractivity contribution in [2.24, 2.45) is 10.8 Å². The van der Waals surface area contributed by atoms with Gasteiger partial charge in [-0.25, -0.2) is 4.79 Å². The summed E-state index contributed by atoms with van der Waals surface area (Å²) in [5, 5.41) is 0. The first-order chi connectivity index (χ1) is 12.6. The molecular formula is C22H32N2O3. The average molecular weight is 373 g/mol. The zero-order valence-electron chi connectivity index (χ0n) is 17.3. The SMILES string of the molecule is Cc1cc(C(=O)OCC(=O)N2C[C@@]3(C)C[C@H]2CC(C)(C)C3)c(C)n1C1CC1. The molecule has 0 N–H and O–H groups in total. The third-order valence-electron chi connectivity index (χ3n) is 6.68. The van der Waals surface area contributed by atoms with Crippen molar-refractivity contribution in [3.05, 3.63) is 23.0 Å². The quantitative estimate of drug-likeness (QED) is 0.750. The van der Waals surface area contributed by atoms with Crippen LogP contribution in [0.4, 0.5) is 0 Å². The average Bonchev–Trinajstić information content (AvgIpc) is 3.28. The van der Waals surface area contributed by atoms with E-state index in [-0.39, 0.29) is 35.4 Å². The molecule has 0 aromatic carbocycles. The molecule has 1 aromatic heterocycles. The minimum atomic E-state index is -0.378. The Hall–Kier alpha value is -1.78. The molecule has 5 nitrogen and oxygen atoms in total. The predicted molar refractivity (Wildman–Crippen MR) is 104 cm³/mol. The molecule has 2 aliphatic carbocycles. The van der Waals surface area contributed by atoms with Gasteiger partial charge in [0.05, 0.1) is 5.56 Å². The maximum atomic E-state index is 12.8. The molecule has 1 aliphatic heterocycles. The number of carbonyl (C=O) groups excluding carboxylic acids is 2. The van der Waals surface area contributed by atoms with Crippen molar-refractivity contribution in [1.29, 1.82) is 0 Å². The lowest BCUT2D eigenvalue weighted by atomic mass is 9.65. The van der Waals surface area contributed by atoms with E-state index in [0.29, 0.717) is 11.6 Å². The van der Waals surface area contributed by atoms with E-state index in [1.165, 1.54) is 12.8 Å². The van der Waals surface area contributed by atoms with E-state index in [9.17, 15) is 9.59 Å². The summed E-state index contributed by atoms with van der Waals surface area (Å²) in [6.45, 7) is 11.5. The van der Waals surface area contributed by atoms with Gasteiger partial charge in [-0.2, -0.15) is 0 Å². The molecule has 27 heavy (non-hydrogen) atoms. The Morgan fingerprint density at radius 3 is 2.52 bits per heavy atom.